The molecule has 1 saturated carbocycles. The molecule has 1 aliphatic carbocycles. The normalized spacial score (nSPS) is 19.8. The number of aliphatic hydroxyl groups is 1. The molecule has 4 aromatic rings. The monoisotopic (exact) mass is 544 g/mol. The second kappa shape index (κ2) is 9.92. The van der Waals surface area contributed by atoms with E-state index in [-0.39, 0.29) is 12.5 Å². The van der Waals surface area contributed by atoms with Gasteiger partial charge in [-0.3, -0.25) is 4.79 Å². The Morgan fingerprint density at radius 3 is 2.70 bits per heavy atom. The molecule has 0 unspecified atom stereocenters. The lowest BCUT2D eigenvalue weighted by Gasteiger charge is -2.36. The van der Waals surface area contributed by atoms with Crippen molar-refractivity contribution in [1.82, 2.24) is 29.3 Å². The van der Waals surface area contributed by atoms with Gasteiger partial charge in [-0.05, 0) is 82.3 Å². The molecule has 1 aromatic carbocycles. The van der Waals surface area contributed by atoms with E-state index in [1.165, 1.54) is 12.8 Å². The van der Waals surface area contributed by atoms with Gasteiger partial charge in [0.25, 0.3) is 5.91 Å². The highest BCUT2D eigenvalue weighted by molar-refractivity contribution is 5.98. The van der Waals surface area contributed by atoms with Crippen LogP contribution in [0.1, 0.15) is 50.4 Å². The summed E-state index contributed by atoms with van der Waals surface area (Å²) >= 11 is 0. The van der Waals surface area contributed by atoms with Crippen LogP contribution in [0.4, 0.5) is 4.79 Å². The Balaban J connectivity index is 1.26. The second-order valence-electron chi connectivity index (χ2n) is 12.1. The van der Waals surface area contributed by atoms with Crippen LogP contribution in [-0.4, -0.2) is 71.9 Å². The standard InChI is InChI=1S/C30H36N6O4/c1-30(2,3)40-29(39)33-22-17-35(13-11-25(22)37)28(38)20-9-10-23-21(14-20)32-27(34(23)4)24-15-19-6-5-12-31-26(19)36(24)16-18-7-8-18/h5-6,9-10,12,14-15,18,22,25,37H,7-8,11,13,16-17H2,1-4H3,(H,33,39)/t22-,25+/m0/s1. The van der Waals surface area contributed by atoms with Crippen LogP contribution in [0.15, 0.2) is 42.6 Å². The van der Waals surface area contributed by atoms with Crippen LogP contribution in [0.5, 0.6) is 0 Å². The number of nitrogens with one attached hydrogen (secondary N) is 1. The minimum atomic E-state index is -0.755. The Morgan fingerprint density at radius 1 is 1.15 bits per heavy atom. The molecule has 2 N–H and O–H groups in total. The zero-order chi connectivity index (χ0) is 28.2. The highest BCUT2D eigenvalue weighted by Crippen LogP contribution is 2.36. The van der Waals surface area contributed by atoms with Crippen molar-refractivity contribution in [2.45, 2.75) is 64.3 Å². The molecule has 2 aliphatic rings. The number of carbonyl (C=O) groups is 2. The van der Waals surface area contributed by atoms with Gasteiger partial charge in [0, 0.05) is 43.8 Å². The predicted octanol–water partition coefficient (Wildman–Crippen LogP) is 4.10. The van der Waals surface area contributed by atoms with E-state index in [2.05, 4.69) is 31.6 Å². The molecule has 2 atom stereocenters. The zero-order valence-electron chi connectivity index (χ0n) is 23.4. The first-order chi connectivity index (χ1) is 19.1. The van der Waals surface area contributed by atoms with Crippen molar-refractivity contribution in [1.29, 1.82) is 0 Å². The Morgan fingerprint density at radius 2 is 1.95 bits per heavy atom. The van der Waals surface area contributed by atoms with Gasteiger partial charge in [-0.15, -0.1) is 0 Å². The number of likely N-dealkylation sites (tertiary alicyclic amines) is 1. The van der Waals surface area contributed by atoms with Gasteiger partial charge in [0.2, 0.25) is 0 Å². The molecule has 10 heteroatoms. The minimum Gasteiger partial charge on any atom is -0.444 e. The predicted molar refractivity (Wildman–Crippen MR) is 152 cm³/mol. The number of hydrogen-bond acceptors (Lipinski definition) is 6. The Hall–Kier alpha value is -3.92. The van der Waals surface area contributed by atoms with Crippen molar-refractivity contribution < 1.29 is 19.4 Å². The molecular weight excluding hydrogens is 508 g/mol. The Kier molecular flexibility index (Phi) is 6.53. The van der Waals surface area contributed by atoms with Crippen LogP contribution in [0, 0.1) is 5.92 Å². The molecule has 1 saturated heterocycles. The van der Waals surface area contributed by atoms with Gasteiger partial charge < -0.3 is 29.2 Å². The highest BCUT2D eigenvalue weighted by atomic mass is 16.6. The number of aryl methyl sites for hydroxylation is 1. The maximum Gasteiger partial charge on any atom is 0.408 e. The van der Waals surface area contributed by atoms with Gasteiger partial charge in [-0.1, -0.05) is 0 Å². The van der Waals surface area contributed by atoms with E-state index in [4.69, 9.17) is 9.72 Å². The zero-order valence-corrected chi connectivity index (χ0v) is 23.4. The summed E-state index contributed by atoms with van der Waals surface area (Å²) in [6, 6.07) is 11.1. The molecule has 0 radical (unpaired) electrons. The minimum absolute atomic E-state index is 0.163. The van der Waals surface area contributed by atoms with Crippen molar-refractivity contribution in [3.63, 3.8) is 0 Å². The fourth-order valence-corrected chi connectivity index (χ4v) is 5.49. The molecule has 2 amide bonds. The largest absolute Gasteiger partial charge is 0.444 e. The van der Waals surface area contributed by atoms with Crippen LogP contribution in [0.3, 0.4) is 0 Å². The summed E-state index contributed by atoms with van der Waals surface area (Å²) < 4.78 is 9.68. The molecule has 10 nitrogen and oxygen atoms in total. The topological polar surface area (TPSA) is 115 Å². The van der Waals surface area contributed by atoms with Gasteiger partial charge in [-0.25, -0.2) is 14.8 Å². The first-order valence-electron chi connectivity index (χ1n) is 14.0. The molecule has 2 fully saturated rings. The number of aliphatic hydroxyl groups excluding tert-OH is 1. The molecule has 1 aliphatic heterocycles. The number of ether oxygens (including phenoxy) is 1. The molecule has 4 heterocycles. The number of imidazole rings is 1. The number of hydrogen-bond donors (Lipinski definition) is 2. The molecule has 210 valence electrons. The fourth-order valence-electron chi connectivity index (χ4n) is 5.49. The highest BCUT2D eigenvalue weighted by Gasteiger charge is 2.33. The average Bonchev–Trinajstić information content (AvgIpc) is 3.57. The lowest BCUT2D eigenvalue weighted by Crippen LogP contribution is -2.57. The maximum absolute atomic E-state index is 13.5. The molecule has 0 spiro atoms. The van der Waals surface area contributed by atoms with Gasteiger partial charge in [-0.2, -0.15) is 0 Å². The number of rotatable bonds is 5. The second-order valence-corrected chi connectivity index (χ2v) is 12.1. The van der Waals surface area contributed by atoms with E-state index < -0.39 is 23.8 Å². The van der Waals surface area contributed by atoms with Crippen molar-refractivity contribution in [3.05, 3.63) is 48.2 Å². The summed E-state index contributed by atoms with van der Waals surface area (Å²) in [4.78, 5) is 37.1. The van der Waals surface area contributed by atoms with Crippen molar-refractivity contribution in [2.24, 2.45) is 13.0 Å². The molecule has 6 rings (SSSR count). The summed E-state index contributed by atoms with van der Waals surface area (Å²) in [6.45, 7) is 6.85. The van der Waals surface area contributed by atoms with E-state index >= 15 is 0 Å². The van der Waals surface area contributed by atoms with E-state index in [0.29, 0.717) is 24.4 Å². The van der Waals surface area contributed by atoms with E-state index in [0.717, 1.165) is 40.1 Å². The SMILES string of the molecule is Cn1c(-c2cc3cccnc3n2CC2CC2)nc2cc(C(=O)N3CC[C@@H](O)[C@@H](NC(=O)OC(C)(C)C)C3)ccc21. The summed E-state index contributed by atoms with van der Waals surface area (Å²) in [6.07, 6.45) is 3.30. The smallest absolute Gasteiger partial charge is 0.408 e. The summed E-state index contributed by atoms with van der Waals surface area (Å²) in [5.41, 5.74) is 3.52. The number of pyridine rings is 1. The summed E-state index contributed by atoms with van der Waals surface area (Å²) in [7, 11) is 2.00. The van der Waals surface area contributed by atoms with Crippen LogP contribution in [0.2, 0.25) is 0 Å². The number of benzene rings is 1. The quantitative estimate of drug-likeness (QED) is 0.391. The van der Waals surface area contributed by atoms with Gasteiger partial charge in [0.15, 0.2) is 5.82 Å². The summed E-state index contributed by atoms with van der Waals surface area (Å²) in [5, 5.41) is 14.3. The third-order valence-electron chi connectivity index (χ3n) is 7.72. The number of alkyl carbamates (subject to hydrolysis) is 1. The van der Waals surface area contributed by atoms with Crippen LogP contribution in [-0.2, 0) is 18.3 Å². The third-order valence-corrected chi connectivity index (χ3v) is 7.72. The Labute approximate surface area is 232 Å². The number of nitrogens with zero attached hydrogens (tertiary/aromatic N) is 5. The van der Waals surface area contributed by atoms with Gasteiger partial charge in [0.05, 0.1) is 28.9 Å². The first kappa shape index (κ1) is 26.3. The van der Waals surface area contributed by atoms with E-state index in [9.17, 15) is 14.7 Å². The average molecular weight is 545 g/mol. The van der Waals surface area contributed by atoms with Gasteiger partial charge in [0.1, 0.15) is 11.2 Å². The van der Waals surface area contributed by atoms with Crippen LogP contribution >= 0.6 is 0 Å². The fraction of sp³-hybridized carbons (Fsp3) is 0.467. The number of aromatic nitrogens is 4. The lowest BCUT2D eigenvalue weighted by atomic mass is 10.0. The molecule has 0 bridgehead atoms. The molecule has 40 heavy (non-hydrogen) atoms. The van der Waals surface area contributed by atoms with Crippen molar-refractivity contribution in [3.8, 4) is 11.5 Å². The van der Waals surface area contributed by atoms with Crippen molar-refractivity contribution >= 4 is 34.1 Å². The van der Waals surface area contributed by atoms with Gasteiger partial charge >= 0.3 is 6.09 Å². The number of fused-ring (bicyclic) bond motifs is 2. The number of carbonyl (C=O) groups excluding carboxylic acids is 2. The van der Waals surface area contributed by atoms with Crippen LogP contribution < -0.4 is 5.32 Å². The number of piperidine rings is 1. The molecular formula is C30H36N6O4. The summed E-state index contributed by atoms with van der Waals surface area (Å²) in [5.74, 6) is 1.34. The van der Waals surface area contributed by atoms with Crippen LogP contribution in [0.25, 0.3) is 33.6 Å². The van der Waals surface area contributed by atoms with E-state index in [1.807, 2.05) is 37.5 Å². The van der Waals surface area contributed by atoms with Crippen molar-refractivity contribution in [2.75, 3.05) is 13.1 Å². The Bertz CT molecular complexity index is 1600. The molecule has 3 aromatic heterocycles. The maximum atomic E-state index is 13.5. The lowest BCUT2D eigenvalue weighted by molar-refractivity contribution is 0.0210. The first-order valence-corrected chi connectivity index (χ1v) is 14.0. The third kappa shape index (κ3) is 5.15. The van der Waals surface area contributed by atoms with E-state index in [1.54, 1.807) is 25.7 Å². The number of amides is 2.